The van der Waals surface area contributed by atoms with Crippen LogP contribution in [0.1, 0.15) is 40.5 Å². The zero-order chi connectivity index (χ0) is 15.2. The standard InChI is InChI=1S/C14H28N2O3S/c1-5-20(18)10-8-15-12-7-6-9-16(11-12)13(17)19-14(2,3)4/h12,15H,5-11H2,1-4H3. The van der Waals surface area contributed by atoms with Crippen LogP contribution in [0.25, 0.3) is 0 Å². The average molecular weight is 304 g/mol. The molecule has 6 heteroatoms. The Morgan fingerprint density at radius 3 is 2.75 bits per heavy atom. The third-order valence-electron chi connectivity index (χ3n) is 3.16. The number of piperidine rings is 1. The molecular formula is C14H28N2O3S. The van der Waals surface area contributed by atoms with Crippen molar-refractivity contribution in [2.45, 2.75) is 52.2 Å². The highest BCUT2D eigenvalue weighted by atomic mass is 32.2. The Morgan fingerprint density at radius 1 is 1.45 bits per heavy atom. The summed E-state index contributed by atoms with van der Waals surface area (Å²) in [4.78, 5) is 13.8. The molecule has 5 nitrogen and oxygen atoms in total. The fourth-order valence-electron chi connectivity index (χ4n) is 2.16. The van der Waals surface area contributed by atoms with Gasteiger partial charge in [0.25, 0.3) is 0 Å². The molecule has 1 saturated heterocycles. The summed E-state index contributed by atoms with van der Waals surface area (Å²) in [5.41, 5.74) is -0.449. The van der Waals surface area contributed by atoms with E-state index in [-0.39, 0.29) is 12.1 Å². The minimum absolute atomic E-state index is 0.235. The van der Waals surface area contributed by atoms with E-state index in [9.17, 15) is 9.00 Å². The van der Waals surface area contributed by atoms with E-state index in [0.717, 1.165) is 25.9 Å². The number of nitrogens with zero attached hydrogens (tertiary/aromatic N) is 1. The van der Waals surface area contributed by atoms with E-state index < -0.39 is 16.4 Å². The molecule has 0 bridgehead atoms. The lowest BCUT2D eigenvalue weighted by Gasteiger charge is -2.34. The highest BCUT2D eigenvalue weighted by Crippen LogP contribution is 2.15. The molecule has 0 spiro atoms. The minimum Gasteiger partial charge on any atom is -0.444 e. The van der Waals surface area contributed by atoms with E-state index in [1.165, 1.54) is 0 Å². The first-order valence-electron chi connectivity index (χ1n) is 7.38. The van der Waals surface area contributed by atoms with Gasteiger partial charge in [0.1, 0.15) is 5.60 Å². The third kappa shape index (κ3) is 6.70. The van der Waals surface area contributed by atoms with E-state index in [0.29, 0.717) is 18.1 Å². The van der Waals surface area contributed by atoms with Gasteiger partial charge in [0.15, 0.2) is 0 Å². The number of likely N-dealkylation sites (tertiary alicyclic amines) is 1. The van der Waals surface area contributed by atoms with E-state index in [1.807, 2.05) is 27.7 Å². The minimum atomic E-state index is -0.730. The molecule has 1 fully saturated rings. The van der Waals surface area contributed by atoms with Crippen molar-refractivity contribution < 1.29 is 13.7 Å². The summed E-state index contributed by atoms with van der Waals surface area (Å²) in [7, 11) is -0.730. The molecule has 2 unspecified atom stereocenters. The summed E-state index contributed by atoms with van der Waals surface area (Å²) in [5, 5.41) is 3.39. The number of carbonyl (C=O) groups is 1. The number of ether oxygens (including phenoxy) is 1. The number of hydrogen-bond donors (Lipinski definition) is 1. The lowest BCUT2D eigenvalue weighted by atomic mass is 10.1. The number of rotatable bonds is 5. The molecule has 1 N–H and O–H groups in total. The topological polar surface area (TPSA) is 58.6 Å². The first kappa shape index (κ1) is 17.4. The van der Waals surface area contributed by atoms with Crippen molar-refractivity contribution in [2.75, 3.05) is 31.1 Å². The molecule has 0 aromatic carbocycles. The first-order chi connectivity index (χ1) is 9.31. The number of carbonyl (C=O) groups excluding carboxylic acids is 1. The quantitative estimate of drug-likeness (QED) is 0.840. The van der Waals surface area contributed by atoms with Crippen LogP contribution in [0.2, 0.25) is 0 Å². The predicted molar refractivity (Wildman–Crippen MR) is 82.4 cm³/mol. The third-order valence-corrected chi connectivity index (χ3v) is 4.46. The van der Waals surface area contributed by atoms with Gasteiger partial charge in [0.05, 0.1) is 0 Å². The molecule has 1 amide bonds. The summed E-state index contributed by atoms with van der Waals surface area (Å²) in [5.74, 6) is 1.38. The number of nitrogens with one attached hydrogen (secondary N) is 1. The molecule has 0 aromatic heterocycles. The van der Waals surface area contributed by atoms with Crippen molar-refractivity contribution in [3.8, 4) is 0 Å². The summed E-state index contributed by atoms with van der Waals surface area (Å²) in [6.45, 7) is 9.75. The van der Waals surface area contributed by atoms with Gasteiger partial charge < -0.3 is 15.0 Å². The molecule has 1 aliphatic rings. The van der Waals surface area contributed by atoms with Crippen molar-refractivity contribution in [3.63, 3.8) is 0 Å². The maximum absolute atomic E-state index is 12.0. The molecule has 2 atom stereocenters. The van der Waals surface area contributed by atoms with Gasteiger partial charge in [-0.05, 0) is 33.6 Å². The zero-order valence-corrected chi connectivity index (χ0v) is 13.9. The maximum Gasteiger partial charge on any atom is 0.410 e. The molecular weight excluding hydrogens is 276 g/mol. The first-order valence-corrected chi connectivity index (χ1v) is 8.87. The number of amides is 1. The predicted octanol–water partition coefficient (Wildman–Crippen LogP) is 1.74. The van der Waals surface area contributed by atoms with Crippen LogP contribution >= 0.6 is 0 Å². The maximum atomic E-state index is 12.0. The van der Waals surface area contributed by atoms with Gasteiger partial charge in [-0.1, -0.05) is 6.92 Å². The fraction of sp³-hybridized carbons (Fsp3) is 0.929. The smallest absolute Gasteiger partial charge is 0.410 e. The van der Waals surface area contributed by atoms with Crippen molar-refractivity contribution in [3.05, 3.63) is 0 Å². The molecule has 0 aromatic rings. The summed E-state index contributed by atoms with van der Waals surface area (Å²) in [6, 6.07) is 0.283. The van der Waals surface area contributed by atoms with Crippen LogP contribution in [-0.2, 0) is 15.5 Å². The van der Waals surface area contributed by atoms with Crippen molar-refractivity contribution >= 4 is 16.9 Å². The summed E-state index contributed by atoms with van der Waals surface area (Å²) in [6.07, 6.45) is 1.80. The van der Waals surface area contributed by atoms with Gasteiger partial charge in [0.2, 0.25) is 0 Å². The van der Waals surface area contributed by atoms with Crippen LogP contribution in [0, 0.1) is 0 Å². The fourth-order valence-corrected chi connectivity index (χ4v) is 2.79. The van der Waals surface area contributed by atoms with E-state index >= 15 is 0 Å². The van der Waals surface area contributed by atoms with Gasteiger partial charge in [-0.25, -0.2) is 4.79 Å². The van der Waals surface area contributed by atoms with Crippen LogP contribution in [0.3, 0.4) is 0 Å². The molecule has 1 heterocycles. The van der Waals surface area contributed by atoms with Crippen LogP contribution in [0.4, 0.5) is 4.79 Å². The van der Waals surface area contributed by atoms with Crippen molar-refractivity contribution in [1.82, 2.24) is 10.2 Å². The Labute approximate surface area is 124 Å². The largest absolute Gasteiger partial charge is 0.444 e. The zero-order valence-electron chi connectivity index (χ0n) is 13.1. The normalized spacial score (nSPS) is 21.6. The van der Waals surface area contributed by atoms with E-state index in [1.54, 1.807) is 4.90 Å². The highest BCUT2D eigenvalue weighted by molar-refractivity contribution is 7.84. The molecule has 118 valence electrons. The highest BCUT2D eigenvalue weighted by Gasteiger charge is 2.27. The van der Waals surface area contributed by atoms with Crippen LogP contribution in [-0.4, -0.2) is 58.0 Å². The van der Waals surface area contributed by atoms with Crippen LogP contribution in [0.5, 0.6) is 0 Å². The van der Waals surface area contributed by atoms with Crippen molar-refractivity contribution in [2.24, 2.45) is 0 Å². The summed E-state index contributed by atoms with van der Waals surface area (Å²) >= 11 is 0. The van der Waals surface area contributed by atoms with Gasteiger partial charge in [0, 0.05) is 48.0 Å². The molecule has 1 aliphatic heterocycles. The number of hydrogen-bond acceptors (Lipinski definition) is 4. The molecule has 1 rings (SSSR count). The molecule has 0 aliphatic carbocycles. The van der Waals surface area contributed by atoms with Gasteiger partial charge in [-0.3, -0.25) is 4.21 Å². The Balaban J connectivity index is 2.35. The Hall–Kier alpha value is -0.620. The van der Waals surface area contributed by atoms with Gasteiger partial charge in [-0.15, -0.1) is 0 Å². The van der Waals surface area contributed by atoms with Crippen LogP contribution < -0.4 is 5.32 Å². The van der Waals surface area contributed by atoms with Crippen molar-refractivity contribution in [1.29, 1.82) is 0 Å². The van der Waals surface area contributed by atoms with Gasteiger partial charge in [-0.2, -0.15) is 0 Å². The van der Waals surface area contributed by atoms with Crippen LogP contribution in [0.15, 0.2) is 0 Å². The lowest BCUT2D eigenvalue weighted by Crippen LogP contribution is -2.49. The Bertz CT molecular complexity index is 342. The summed E-state index contributed by atoms with van der Waals surface area (Å²) < 4.78 is 16.8. The van der Waals surface area contributed by atoms with Gasteiger partial charge >= 0.3 is 6.09 Å². The van der Waals surface area contributed by atoms with E-state index in [4.69, 9.17) is 4.74 Å². The average Bonchev–Trinajstić information content (AvgIpc) is 2.37. The molecule has 0 radical (unpaired) electrons. The molecule has 20 heavy (non-hydrogen) atoms. The SMILES string of the molecule is CCS(=O)CCNC1CCCN(C(=O)OC(C)(C)C)C1. The molecule has 0 saturated carbocycles. The Morgan fingerprint density at radius 2 is 2.15 bits per heavy atom. The second-order valence-corrected chi connectivity index (χ2v) is 8.02. The monoisotopic (exact) mass is 304 g/mol. The Kier molecular flexibility index (Phi) is 6.95. The van der Waals surface area contributed by atoms with E-state index in [2.05, 4.69) is 5.32 Å². The second kappa shape index (κ2) is 7.98. The second-order valence-electron chi connectivity index (χ2n) is 6.15. The lowest BCUT2D eigenvalue weighted by molar-refractivity contribution is 0.0188.